The first kappa shape index (κ1) is 14.4. The number of benzene rings is 1. The van der Waals surface area contributed by atoms with Crippen LogP contribution in [0, 0.1) is 0 Å². The quantitative estimate of drug-likeness (QED) is 0.793. The van der Waals surface area contributed by atoms with E-state index in [2.05, 4.69) is 41.9 Å². The molecule has 0 saturated carbocycles. The van der Waals surface area contributed by atoms with E-state index >= 15 is 0 Å². The lowest BCUT2D eigenvalue weighted by Crippen LogP contribution is -2.21. The fraction of sp³-hybridized carbons (Fsp3) is 0.353. The van der Waals surface area contributed by atoms with E-state index < -0.39 is 0 Å². The summed E-state index contributed by atoms with van der Waals surface area (Å²) in [4.78, 5) is 6.72. The van der Waals surface area contributed by atoms with Gasteiger partial charge in [0.05, 0.1) is 12.3 Å². The van der Waals surface area contributed by atoms with Crippen molar-refractivity contribution in [2.24, 2.45) is 0 Å². The molecule has 0 aliphatic carbocycles. The number of ether oxygens (including phenoxy) is 1. The Morgan fingerprint density at radius 2 is 1.85 bits per heavy atom. The Hall–Kier alpha value is -2.03. The summed E-state index contributed by atoms with van der Waals surface area (Å²) in [7, 11) is 0. The number of hydrogen-bond acceptors (Lipinski definition) is 3. The highest BCUT2D eigenvalue weighted by Gasteiger charge is 2.10. The number of hydrogen-bond donors (Lipinski definition) is 0. The predicted molar refractivity (Wildman–Crippen MR) is 84.4 cm³/mol. The van der Waals surface area contributed by atoms with Gasteiger partial charge in [0.25, 0.3) is 0 Å². The van der Waals surface area contributed by atoms with Gasteiger partial charge >= 0.3 is 0 Å². The third-order valence-corrected chi connectivity index (χ3v) is 3.33. The maximum Gasteiger partial charge on any atom is 0.130 e. The van der Waals surface area contributed by atoms with Crippen molar-refractivity contribution in [3.05, 3.63) is 42.6 Å². The fourth-order valence-corrected chi connectivity index (χ4v) is 2.31. The number of aromatic nitrogens is 1. The van der Waals surface area contributed by atoms with Gasteiger partial charge in [-0.3, -0.25) is 4.98 Å². The summed E-state index contributed by atoms with van der Waals surface area (Å²) in [6.45, 7) is 8.97. The van der Waals surface area contributed by atoms with E-state index in [-0.39, 0.29) is 0 Å². The Morgan fingerprint density at radius 1 is 1.05 bits per heavy atom. The number of anilines is 1. The molecule has 2 aromatic rings. The van der Waals surface area contributed by atoms with Gasteiger partial charge in [0.2, 0.25) is 0 Å². The molecule has 3 nitrogen and oxygen atoms in total. The van der Waals surface area contributed by atoms with Gasteiger partial charge in [0.15, 0.2) is 0 Å². The molecule has 0 aliphatic heterocycles. The van der Waals surface area contributed by atoms with E-state index in [1.165, 1.54) is 5.69 Å². The maximum atomic E-state index is 5.80. The summed E-state index contributed by atoms with van der Waals surface area (Å²) >= 11 is 0. The highest BCUT2D eigenvalue weighted by Crippen LogP contribution is 2.32. The van der Waals surface area contributed by atoms with Crippen LogP contribution in [-0.4, -0.2) is 24.7 Å². The summed E-state index contributed by atoms with van der Waals surface area (Å²) in [5, 5.41) is 0. The second-order valence-electron chi connectivity index (χ2n) is 4.50. The molecule has 0 spiro atoms. The van der Waals surface area contributed by atoms with Crippen LogP contribution in [0.15, 0.2) is 42.6 Å². The van der Waals surface area contributed by atoms with Crippen molar-refractivity contribution in [1.29, 1.82) is 0 Å². The first-order chi connectivity index (χ1) is 9.80. The second-order valence-corrected chi connectivity index (χ2v) is 4.50. The van der Waals surface area contributed by atoms with Crippen LogP contribution in [0.3, 0.4) is 0 Å². The minimum absolute atomic E-state index is 0.654. The van der Waals surface area contributed by atoms with Crippen LogP contribution >= 0.6 is 0 Å². The molecule has 1 heterocycles. The van der Waals surface area contributed by atoms with E-state index in [4.69, 9.17) is 4.74 Å². The van der Waals surface area contributed by atoms with Crippen molar-refractivity contribution in [3.8, 4) is 17.0 Å². The molecule has 0 amide bonds. The predicted octanol–water partition coefficient (Wildman–Crippen LogP) is 3.99. The molecule has 1 aromatic carbocycles. The zero-order chi connectivity index (χ0) is 14.4. The maximum absolute atomic E-state index is 5.80. The third-order valence-electron chi connectivity index (χ3n) is 3.33. The van der Waals surface area contributed by atoms with Gasteiger partial charge in [0.1, 0.15) is 5.75 Å². The largest absolute Gasteiger partial charge is 0.493 e. The van der Waals surface area contributed by atoms with Gasteiger partial charge in [-0.1, -0.05) is 6.07 Å². The normalized spacial score (nSPS) is 10.3. The Bertz CT molecular complexity index is 536. The molecule has 3 heteroatoms. The molecular weight excluding hydrogens is 248 g/mol. The summed E-state index contributed by atoms with van der Waals surface area (Å²) in [6, 6.07) is 12.3. The van der Waals surface area contributed by atoms with Crippen LogP contribution in [0.1, 0.15) is 20.8 Å². The average Bonchev–Trinajstić information content (AvgIpc) is 2.50. The minimum atomic E-state index is 0.654. The van der Waals surface area contributed by atoms with Crippen LogP contribution < -0.4 is 9.64 Å². The molecule has 1 aromatic heterocycles. The smallest absolute Gasteiger partial charge is 0.130 e. The van der Waals surface area contributed by atoms with Gasteiger partial charge < -0.3 is 9.64 Å². The van der Waals surface area contributed by atoms with Crippen LogP contribution in [0.2, 0.25) is 0 Å². The molecule has 106 valence electrons. The van der Waals surface area contributed by atoms with E-state index in [9.17, 15) is 0 Å². The van der Waals surface area contributed by atoms with Crippen LogP contribution in [0.25, 0.3) is 11.3 Å². The number of rotatable bonds is 6. The third kappa shape index (κ3) is 3.10. The van der Waals surface area contributed by atoms with Crippen molar-refractivity contribution < 1.29 is 4.74 Å². The Morgan fingerprint density at radius 3 is 2.45 bits per heavy atom. The molecule has 0 saturated heterocycles. The lowest BCUT2D eigenvalue weighted by molar-refractivity contribution is 0.341. The molecule has 0 unspecified atom stereocenters. The van der Waals surface area contributed by atoms with E-state index in [0.717, 1.165) is 30.1 Å². The van der Waals surface area contributed by atoms with Gasteiger partial charge in [-0.15, -0.1) is 0 Å². The molecule has 20 heavy (non-hydrogen) atoms. The minimum Gasteiger partial charge on any atom is -0.493 e. The van der Waals surface area contributed by atoms with Gasteiger partial charge in [0, 0.05) is 36.6 Å². The van der Waals surface area contributed by atoms with Gasteiger partial charge in [-0.05, 0) is 45.0 Å². The molecule has 0 fully saturated rings. The zero-order valence-corrected chi connectivity index (χ0v) is 12.5. The van der Waals surface area contributed by atoms with E-state index in [1.54, 1.807) is 0 Å². The van der Waals surface area contributed by atoms with Gasteiger partial charge in [-0.25, -0.2) is 0 Å². The molecule has 0 radical (unpaired) electrons. The summed E-state index contributed by atoms with van der Waals surface area (Å²) in [6.07, 6.45) is 1.81. The topological polar surface area (TPSA) is 25.4 Å². The first-order valence-electron chi connectivity index (χ1n) is 7.23. The standard InChI is InChI=1S/C17H22N2O/c1-4-19(5-2)14-10-11-15(17(13-14)20-6-3)16-9-7-8-12-18-16/h7-13H,4-6H2,1-3H3. The lowest BCUT2D eigenvalue weighted by Gasteiger charge is -2.22. The molecule has 2 rings (SSSR count). The van der Waals surface area contributed by atoms with E-state index in [0.29, 0.717) is 6.61 Å². The Balaban J connectivity index is 2.43. The van der Waals surface area contributed by atoms with Crippen LogP contribution in [-0.2, 0) is 0 Å². The Kier molecular flexibility index (Phi) is 4.99. The highest BCUT2D eigenvalue weighted by molar-refractivity contribution is 5.71. The lowest BCUT2D eigenvalue weighted by atomic mass is 10.1. The average molecular weight is 270 g/mol. The van der Waals surface area contributed by atoms with Crippen molar-refractivity contribution in [2.45, 2.75) is 20.8 Å². The monoisotopic (exact) mass is 270 g/mol. The SMILES string of the molecule is CCOc1cc(N(CC)CC)ccc1-c1ccccn1. The Labute approximate surface area is 121 Å². The highest BCUT2D eigenvalue weighted by atomic mass is 16.5. The van der Waals surface area contributed by atoms with Crippen LogP contribution in [0.5, 0.6) is 5.75 Å². The van der Waals surface area contributed by atoms with Crippen molar-refractivity contribution in [2.75, 3.05) is 24.6 Å². The number of nitrogens with zero attached hydrogens (tertiary/aromatic N) is 2. The zero-order valence-electron chi connectivity index (χ0n) is 12.5. The molecule has 0 N–H and O–H groups in total. The van der Waals surface area contributed by atoms with Crippen molar-refractivity contribution in [3.63, 3.8) is 0 Å². The summed E-state index contributed by atoms with van der Waals surface area (Å²) in [5.74, 6) is 0.899. The molecule has 0 bridgehead atoms. The summed E-state index contributed by atoms with van der Waals surface area (Å²) in [5.41, 5.74) is 3.18. The molecule has 0 atom stereocenters. The van der Waals surface area contributed by atoms with Gasteiger partial charge in [-0.2, -0.15) is 0 Å². The fourth-order valence-electron chi connectivity index (χ4n) is 2.31. The van der Waals surface area contributed by atoms with Crippen LogP contribution in [0.4, 0.5) is 5.69 Å². The van der Waals surface area contributed by atoms with Crippen molar-refractivity contribution in [1.82, 2.24) is 4.98 Å². The molecular formula is C17H22N2O. The molecule has 0 aliphatic rings. The summed E-state index contributed by atoms with van der Waals surface area (Å²) < 4.78 is 5.80. The first-order valence-corrected chi connectivity index (χ1v) is 7.23. The van der Waals surface area contributed by atoms with E-state index in [1.807, 2.05) is 31.3 Å². The van der Waals surface area contributed by atoms with Crippen molar-refractivity contribution >= 4 is 5.69 Å². The second kappa shape index (κ2) is 6.94. The number of pyridine rings is 1.